The molecule has 140 valence electrons. The molecule has 2 fully saturated rings. The smallest absolute Gasteiger partial charge is 0.236 e. The number of likely N-dealkylation sites (tertiary alicyclic amines) is 1. The highest BCUT2D eigenvalue weighted by molar-refractivity contribution is 8.22. The van der Waals surface area contributed by atoms with Crippen LogP contribution in [0.15, 0.2) is 5.10 Å². The molecule has 25 heavy (non-hydrogen) atoms. The summed E-state index contributed by atoms with van der Waals surface area (Å²) in [5, 5.41) is 4.26. The summed E-state index contributed by atoms with van der Waals surface area (Å²) < 4.78 is 0.478. The van der Waals surface area contributed by atoms with Gasteiger partial charge in [0.2, 0.25) is 11.8 Å². The van der Waals surface area contributed by atoms with E-state index in [1.807, 2.05) is 27.7 Å². The highest BCUT2D eigenvalue weighted by atomic mass is 32.2. The minimum atomic E-state index is -0.465. The lowest BCUT2D eigenvalue weighted by Crippen LogP contribution is -2.58. The molecule has 1 saturated heterocycles. The number of hydrogen-bond donors (Lipinski definition) is 1. The molecule has 0 aromatic rings. The summed E-state index contributed by atoms with van der Waals surface area (Å²) in [6.07, 6.45) is 2.47. The Bertz CT molecular complexity index is 615. The summed E-state index contributed by atoms with van der Waals surface area (Å²) in [4.78, 5) is 27.1. The Morgan fingerprint density at radius 2 is 2.04 bits per heavy atom. The van der Waals surface area contributed by atoms with Crippen LogP contribution in [-0.4, -0.2) is 32.6 Å². The number of thioether (sulfide) groups is 1. The van der Waals surface area contributed by atoms with Crippen molar-refractivity contribution in [1.82, 2.24) is 10.3 Å². The van der Waals surface area contributed by atoms with E-state index in [1.54, 1.807) is 0 Å². The highest BCUT2D eigenvalue weighted by Crippen LogP contribution is 2.60. The van der Waals surface area contributed by atoms with Gasteiger partial charge in [-0.3, -0.25) is 19.9 Å². The highest BCUT2D eigenvalue weighted by Gasteiger charge is 2.64. The zero-order valence-electron chi connectivity index (χ0n) is 16.0. The predicted molar refractivity (Wildman–Crippen MR) is 107 cm³/mol. The molecular weight excluding hydrogens is 354 g/mol. The molecule has 1 N–H and O–H groups in total. The predicted octanol–water partition coefficient (Wildman–Crippen LogP) is 3.78. The normalized spacial score (nSPS) is 28.7. The quantitative estimate of drug-likeness (QED) is 0.339. The Morgan fingerprint density at radius 3 is 2.64 bits per heavy atom. The second kappa shape index (κ2) is 7.35. The number of imide groups is 1. The third kappa shape index (κ3) is 3.77. The Kier molecular flexibility index (Phi) is 5.99. The number of nitrogens with one attached hydrogen (secondary N) is 1. The van der Waals surface area contributed by atoms with Crippen molar-refractivity contribution in [2.45, 2.75) is 60.8 Å². The number of rotatable bonds is 5. The molecule has 5 nitrogen and oxygen atoms in total. The average molecular weight is 384 g/mol. The lowest BCUT2D eigenvalue weighted by molar-refractivity contribution is -0.166. The van der Waals surface area contributed by atoms with Crippen molar-refractivity contribution in [3.63, 3.8) is 0 Å². The number of fused-ring (bicyclic) bond motifs is 2. The summed E-state index contributed by atoms with van der Waals surface area (Å²) in [5.41, 5.74) is 3.09. The summed E-state index contributed by atoms with van der Waals surface area (Å²) in [5.74, 6) is 0.592. The number of hydrogen-bond acceptors (Lipinski definition) is 5. The molecule has 0 unspecified atom stereocenters. The fourth-order valence-corrected chi connectivity index (χ4v) is 4.76. The summed E-state index contributed by atoms with van der Waals surface area (Å²) in [6, 6.07) is 0. The molecule has 1 heterocycles. The topological polar surface area (TPSA) is 61.8 Å². The molecule has 2 rings (SSSR count). The SMILES string of the molecule is CC(CC(C)C)=NNC(=S)SCN1C(=O)[C@H]2CC[C@@](C)(C1=O)C2(C)C. The first-order chi connectivity index (χ1) is 11.5. The number of thiocarbonyl (C=S) groups is 1. The van der Waals surface area contributed by atoms with Crippen LogP contribution in [0.25, 0.3) is 0 Å². The first-order valence-electron chi connectivity index (χ1n) is 8.82. The van der Waals surface area contributed by atoms with Gasteiger partial charge in [0.25, 0.3) is 0 Å². The average Bonchev–Trinajstić information content (AvgIpc) is 2.69. The zero-order valence-corrected chi connectivity index (χ0v) is 17.6. The van der Waals surface area contributed by atoms with Gasteiger partial charge < -0.3 is 0 Å². The van der Waals surface area contributed by atoms with Crippen LogP contribution in [0.1, 0.15) is 60.8 Å². The Labute approximate surface area is 160 Å². The van der Waals surface area contributed by atoms with Crippen LogP contribution in [-0.2, 0) is 9.59 Å². The Morgan fingerprint density at radius 1 is 1.40 bits per heavy atom. The van der Waals surface area contributed by atoms with Gasteiger partial charge in [-0.1, -0.05) is 58.6 Å². The zero-order chi connectivity index (χ0) is 19.0. The maximum absolute atomic E-state index is 12.9. The minimum Gasteiger partial charge on any atom is -0.274 e. The fourth-order valence-electron chi connectivity index (χ4n) is 3.96. The number of hydrazone groups is 1. The molecule has 0 aromatic heterocycles. The first kappa shape index (κ1) is 20.4. The largest absolute Gasteiger partial charge is 0.274 e. The Hall–Kier alpha value is -0.950. The minimum absolute atomic E-state index is 0.0558. The second-order valence-electron chi connectivity index (χ2n) is 8.33. The van der Waals surface area contributed by atoms with Gasteiger partial charge in [-0.15, -0.1) is 0 Å². The van der Waals surface area contributed by atoms with Crippen LogP contribution in [0.3, 0.4) is 0 Å². The van der Waals surface area contributed by atoms with E-state index in [-0.39, 0.29) is 29.0 Å². The van der Waals surface area contributed by atoms with Crippen LogP contribution < -0.4 is 5.43 Å². The van der Waals surface area contributed by atoms with Gasteiger partial charge in [-0.25, -0.2) is 0 Å². The number of carbonyl (C=O) groups excluding carboxylic acids is 2. The van der Waals surface area contributed by atoms with Crippen LogP contribution >= 0.6 is 24.0 Å². The number of nitrogens with zero attached hydrogens (tertiary/aromatic N) is 2. The molecule has 2 bridgehead atoms. The lowest BCUT2D eigenvalue weighted by atomic mass is 9.62. The van der Waals surface area contributed by atoms with Gasteiger partial charge in [0.05, 0.1) is 11.3 Å². The van der Waals surface area contributed by atoms with Crippen molar-refractivity contribution in [3.8, 4) is 0 Å². The van der Waals surface area contributed by atoms with Crippen LogP contribution in [0.4, 0.5) is 0 Å². The molecule has 1 aliphatic heterocycles. The first-order valence-corrected chi connectivity index (χ1v) is 10.2. The van der Waals surface area contributed by atoms with Gasteiger partial charge in [0.15, 0.2) is 4.32 Å². The fraction of sp³-hybridized carbons (Fsp3) is 0.778. The monoisotopic (exact) mass is 383 g/mol. The van der Waals surface area contributed by atoms with Crippen LogP contribution in [0.2, 0.25) is 0 Å². The molecule has 7 heteroatoms. The molecule has 1 saturated carbocycles. The Balaban J connectivity index is 1.97. The molecule has 2 atom stereocenters. The number of carbonyl (C=O) groups is 2. The van der Waals surface area contributed by atoms with Crippen molar-refractivity contribution in [1.29, 1.82) is 0 Å². The van der Waals surface area contributed by atoms with E-state index in [0.717, 1.165) is 25.0 Å². The van der Waals surface area contributed by atoms with Crippen LogP contribution in [0, 0.1) is 22.7 Å². The van der Waals surface area contributed by atoms with Gasteiger partial charge in [0.1, 0.15) is 0 Å². The van der Waals surface area contributed by atoms with Crippen molar-refractivity contribution in [2.75, 3.05) is 5.88 Å². The summed E-state index contributed by atoms with van der Waals surface area (Å²) >= 11 is 6.55. The van der Waals surface area contributed by atoms with Crippen LogP contribution in [0.5, 0.6) is 0 Å². The van der Waals surface area contributed by atoms with E-state index in [9.17, 15) is 9.59 Å². The van der Waals surface area contributed by atoms with Gasteiger partial charge >= 0.3 is 0 Å². The van der Waals surface area contributed by atoms with E-state index in [2.05, 4.69) is 24.4 Å². The van der Waals surface area contributed by atoms with E-state index in [1.165, 1.54) is 16.7 Å². The number of piperidine rings is 1. The summed E-state index contributed by atoms with van der Waals surface area (Å²) in [7, 11) is 0. The molecule has 2 amide bonds. The third-order valence-corrected chi connectivity index (χ3v) is 7.06. The van der Waals surface area contributed by atoms with Gasteiger partial charge in [0, 0.05) is 11.6 Å². The van der Waals surface area contributed by atoms with Gasteiger partial charge in [-0.05, 0) is 37.5 Å². The summed E-state index contributed by atoms with van der Waals surface area (Å²) in [6.45, 7) is 12.3. The van der Waals surface area contributed by atoms with E-state index in [4.69, 9.17) is 12.2 Å². The number of amides is 2. The van der Waals surface area contributed by atoms with Crippen molar-refractivity contribution >= 4 is 45.8 Å². The molecule has 1 aliphatic carbocycles. The molecule has 2 aliphatic rings. The molecule has 0 radical (unpaired) electrons. The second-order valence-corrected chi connectivity index (χ2v) is 9.96. The standard InChI is InChI=1S/C18H29N3O2S2/c1-11(2)9-12(3)19-20-16(24)25-10-21-14(22)13-7-8-18(6,15(21)23)17(13,4)5/h11,13H,7-10H2,1-6H3,(H,20,24)/t13-,18+/m1/s1. The van der Waals surface area contributed by atoms with Crippen molar-refractivity contribution in [2.24, 2.45) is 27.8 Å². The molecule has 0 spiro atoms. The van der Waals surface area contributed by atoms with Gasteiger partial charge in [-0.2, -0.15) is 5.10 Å². The maximum Gasteiger partial charge on any atom is 0.236 e. The van der Waals surface area contributed by atoms with Crippen molar-refractivity contribution < 1.29 is 9.59 Å². The third-order valence-electron chi connectivity index (χ3n) is 5.87. The van der Waals surface area contributed by atoms with E-state index in [0.29, 0.717) is 10.2 Å². The van der Waals surface area contributed by atoms with E-state index >= 15 is 0 Å². The molecular formula is C18H29N3O2S2. The van der Waals surface area contributed by atoms with Crippen molar-refractivity contribution in [3.05, 3.63) is 0 Å². The van der Waals surface area contributed by atoms with E-state index < -0.39 is 5.41 Å². The lowest BCUT2D eigenvalue weighted by Gasteiger charge is -2.47. The molecule has 0 aromatic carbocycles. The maximum atomic E-state index is 12.9.